The van der Waals surface area contributed by atoms with Gasteiger partial charge in [-0.3, -0.25) is 4.79 Å². The van der Waals surface area contributed by atoms with Crippen molar-refractivity contribution >= 4 is 11.6 Å². The Morgan fingerprint density at radius 2 is 1.71 bits per heavy atom. The van der Waals surface area contributed by atoms with Crippen LogP contribution in [0.25, 0.3) is 11.4 Å². The number of hydrogen-bond donors (Lipinski definition) is 0. The van der Waals surface area contributed by atoms with E-state index in [-0.39, 0.29) is 12.5 Å². The Morgan fingerprint density at radius 1 is 0.964 bits per heavy atom. The van der Waals surface area contributed by atoms with E-state index in [9.17, 15) is 4.79 Å². The van der Waals surface area contributed by atoms with E-state index < -0.39 is 0 Å². The minimum absolute atomic E-state index is 0.0256. The van der Waals surface area contributed by atoms with E-state index in [2.05, 4.69) is 52.4 Å². The Kier molecular flexibility index (Phi) is 5.06. The average Bonchev–Trinajstić information content (AvgIpc) is 3.19. The molecule has 0 N–H and O–H groups in total. The third-order valence-electron chi connectivity index (χ3n) is 5.31. The van der Waals surface area contributed by atoms with Crippen molar-refractivity contribution in [2.75, 3.05) is 31.1 Å². The summed E-state index contributed by atoms with van der Waals surface area (Å²) < 4.78 is 0. The van der Waals surface area contributed by atoms with Crippen LogP contribution >= 0.6 is 0 Å². The summed E-state index contributed by atoms with van der Waals surface area (Å²) in [6.07, 6.45) is 0. The molecule has 1 fully saturated rings. The van der Waals surface area contributed by atoms with Gasteiger partial charge in [0.2, 0.25) is 11.7 Å². The quantitative estimate of drug-likeness (QED) is 0.699. The number of rotatable bonds is 4. The normalized spacial score (nSPS) is 14.4. The lowest BCUT2D eigenvalue weighted by molar-refractivity contribution is -0.132. The van der Waals surface area contributed by atoms with Crippen LogP contribution in [-0.2, 0) is 11.3 Å². The third kappa shape index (κ3) is 3.74. The minimum Gasteiger partial charge on any atom is -0.368 e. The van der Waals surface area contributed by atoms with E-state index in [1.54, 1.807) is 0 Å². The first-order valence-corrected chi connectivity index (χ1v) is 9.54. The molecule has 0 spiro atoms. The fourth-order valence-electron chi connectivity index (χ4n) is 3.51. The standard InChI is InChI=1S/C21H24N6O/c1-16-7-6-10-19(17(16)2)25-11-13-26(14-12-25)20(28)15-27-23-21(22-24-27)18-8-4-3-5-9-18/h3-10H,11-15H2,1-2H3. The van der Waals surface area contributed by atoms with Gasteiger partial charge in [0.1, 0.15) is 6.54 Å². The highest BCUT2D eigenvalue weighted by Gasteiger charge is 2.23. The summed E-state index contributed by atoms with van der Waals surface area (Å²) in [5.41, 5.74) is 4.76. The Labute approximate surface area is 164 Å². The number of benzene rings is 2. The lowest BCUT2D eigenvalue weighted by Crippen LogP contribution is -2.50. The second-order valence-electron chi connectivity index (χ2n) is 7.10. The number of amides is 1. The molecule has 0 saturated carbocycles. The lowest BCUT2D eigenvalue weighted by Gasteiger charge is -2.37. The lowest BCUT2D eigenvalue weighted by atomic mass is 10.1. The number of tetrazole rings is 1. The van der Waals surface area contributed by atoms with Gasteiger partial charge in [-0.15, -0.1) is 10.2 Å². The molecule has 7 nitrogen and oxygen atoms in total. The number of anilines is 1. The number of aromatic nitrogens is 4. The minimum atomic E-state index is 0.0256. The smallest absolute Gasteiger partial charge is 0.246 e. The SMILES string of the molecule is Cc1cccc(N2CCN(C(=O)Cn3nnc(-c4ccccc4)n3)CC2)c1C. The zero-order valence-corrected chi connectivity index (χ0v) is 16.2. The molecule has 4 rings (SSSR count). The van der Waals surface area contributed by atoms with Gasteiger partial charge in [-0.2, -0.15) is 4.80 Å². The summed E-state index contributed by atoms with van der Waals surface area (Å²) in [4.78, 5) is 18.3. The third-order valence-corrected chi connectivity index (χ3v) is 5.31. The van der Waals surface area contributed by atoms with Crippen molar-refractivity contribution in [1.29, 1.82) is 0 Å². The summed E-state index contributed by atoms with van der Waals surface area (Å²) in [6, 6.07) is 16.0. The molecule has 1 amide bonds. The highest BCUT2D eigenvalue weighted by molar-refractivity contribution is 5.76. The Hall–Kier alpha value is -3.22. The molecule has 0 atom stereocenters. The Bertz CT molecular complexity index is 960. The average molecular weight is 376 g/mol. The summed E-state index contributed by atoms with van der Waals surface area (Å²) in [6.45, 7) is 7.46. The van der Waals surface area contributed by atoms with Crippen LogP contribution in [0.5, 0.6) is 0 Å². The highest BCUT2D eigenvalue weighted by Crippen LogP contribution is 2.24. The van der Waals surface area contributed by atoms with Crippen LogP contribution in [0.3, 0.4) is 0 Å². The van der Waals surface area contributed by atoms with Crippen LogP contribution < -0.4 is 4.90 Å². The molecule has 144 valence electrons. The van der Waals surface area contributed by atoms with Gasteiger partial charge >= 0.3 is 0 Å². The first-order chi connectivity index (χ1) is 13.6. The molecule has 0 radical (unpaired) electrons. The summed E-state index contributed by atoms with van der Waals surface area (Å²) in [5, 5.41) is 12.4. The van der Waals surface area contributed by atoms with Gasteiger partial charge < -0.3 is 9.80 Å². The van der Waals surface area contributed by atoms with Crippen LogP contribution in [0.4, 0.5) is 5.69 Å². The predicted molar refractivity (Wildman–Crippen MR) is 108 cm³/mol. The number of carbonyl (C=O) groups is 1. The maximum Gasteiger partial charge on any atom is 0.246 e. The molecular weight excluding hydrogens is 352 g/mol. The second kappa shape index (κ2) is 7.80. The first kappa shape index (κ1) is 18.2. The van der Waals surface area contributed by atoms with E-state index >= 15 is 0 Å². The van der Waals surface area contributed by atoms with Crippen molar-refractivity contribution in [2.24, 2.45) is 0 Å². The second-order valence-corrected chi connectivity index (χ2v) is 7.10. The largest absolute Gasteiger partial charge is 0.368 e. The molecule has 28 heavy (non-hydrogen) atoms. The van der Waals surface area contributed by atoms with Crippen LogP contribution in [0.1, 0.15) is 11.1 Å². The molecule has 0 unspecified atom stereocenters. The van der Waals surface area contributed by atoms with Crippen LogP contribution in [0, 0.1) is 13.8 Å². The van der Waals surface area contributed by atoms with Crippen LogP contribution in [0.2, 0.25) is 0 Å². The molecule has 7 heteroatoms. The molecule has 2 aromatic carbocycles. The molecule has 0 aliphatic carbocycles. The molecule has 1 aliphatic rings. The number of aryl methyl sites for hydroxylation is 1. The summed E-state index contributed by atoms with van der Waals surface area (Å²) in [5.74, 6) is 0.561. The number of carbonyl (C=O) groups excluding carboxylic acids is 1. The number of nitrogens with zero attached hydrogens (tertiary/aromatic N) is 6. The molecule has 1 aliphatic heterocycles. The topological polar surface area (TPSA) is 67.2 Å². The van der Waals surface area contributed by atoms with Crippen LogP contribution in [-0.4, -0.2) is 57.2 Å². The van der Waals surface area contributed by atoms with Crippen molar-refractivity contribution in [3.63, 3.8) is 0 Å². The Morgan fingerprint density at radius 3 is 2.46 bits per heavy atom. The number of piperazine rings is 1. The molecular formula is C21H24N6O. The molecule has 0 bridgehead atoms. The number of hydrogen-bond acceptors (Lipinski definition) is 5. The fraction of sp³-hybridized carbons (Fsp3) is 0.333. The maximum atomic E-state index is 12.7. The highest BCUT2D eigenvalue weighted by atomic mass is 16.2. The van der Waals surface area contributed by atoms with Gasteiger partial charge in [0.25, 0.3) is 0 Å². The van der Waals surface area contributed by atoms with Gasteiger partial charge in [0.05, 0.1) is 0 Å². The summed E-state index contributed by atoms with van der Waals surface area (Å²) in [7, 11) is 0. The van der Waals surface area contributed by atoms with Crippen molar-refractivity contribution in [2.45, 2.75) is 20.4 Å². The Balaban J connectivity index is 1.36. The fourth-order valence-corrected chi connectivity index (χ4v) is 3.51. The molecule has 2 heterocycles. The van der Waals surface area contributed by atoms with E-state index in [1.165, 1.54) is 21.6 Å². The van der Waals surface area contributed by atoms with Crippen LogP contribution in [0.15, 0.2) is 48.5 Å². The van der Waals surface area contributed by atoms with E-state index in [0.29, 0.717) is 18.9 Å². The summed E-state index contributed by atoms with van der Waals surface area (Å²) >= 11 is 0. The predicted octanol–water partition coefficient (Wildman–Crippen LogP) is 2.31. The first-order valence-electron chi connectivity index (χ1n) is 9.54. The van der Waals surface area contributed by atoms with E-state index in [0.717, 1.165) is 18.7 Å². The van der Waals surface area contributed by atoms with Gasteiger partial charge in [0, 0.05) is 37.4 Å². The molecule has 1 aromatic heterocycles. The van der Waals surface area contributed by atoms with Gasteiger partial charge in [-0.25, -0.2) is 0 Å². The van der Waals surface area contributed by atoms with Crippen molar-refractivity contribution < 1.29 is 4.79 Å². The van der Waals surface area contributed by atoms with Crippen molar-refractivity contribution in [3.05, 3.63) is 59.7 Å². The molecule has 1 saturated heterocycles. The van der Waals surface area contributed by atoms with Gasteiger partial charge in [-0.05, 0) is 36.3 Å². The zero-order chi connectivity index (χ0) is 19.5. The van der Waals surface area contributed by atoms with E-state index in [1.807, 2.05) is 35.2 Å². The zero-order valence-electron chi connectivity index (χ0n) is 16.2. The monoisotopic (exact) mass is 376 g/mol. The van der Waals surface area contributed by atoms with Crippen molar-refractivity contribution in [1.82, 2.24) is 25.1 Å². The maximum absolute atomic E-state index is 12.7. The van der Waals surface area contributed by atoms with Gasteiger partial charge in [0.15, 0.2) is 0 Å². The van der Waals surface area contributed by atoms with Crippen molar-refractivity contribution in [3.8, 4) is 11.4 Å². The molecule has 3 aromatic rings. The van der Waals surface area contributed by atoms with E-state index in [4.69, 9.17) is 0 Å². The van der Waals surface area contributed by atoms with Gasteiger partial charge in [-0.1, -0.05) is 42.5 Å².